The fraction of sp³-hybridized carbons (Fsp3) is 1.00. The molecular weight excluding hydrogens is 90.1 g/mol. The van der Waals surface area contributed by atoms with Gasteiger partial charge in [0.05, 0.1) is 6.10 Å². The van der Waals surface area contributed by atoms with Crippen molar-refractivity contribution in [1.82, 2.24) is 0 Å². The third-order valence-electron chi connectivity index (χ3n) is 1.16. The maximum Gasteiger partial charge on any atom is 0.0742 e. The Hall–Kier alpha value is -0.0800. The molecule has 1 aliphatic carbocycles. The molecule has 0 bridgehead atoms. The average Bonchev–Trinajstić information content (AvgIpc) is 2.22. The number of nitrogens with two attached hydrogens (primary N) is 1. The van der Waals surface area contributed by atoms with Crippen molar-refractivity contribution in [1.29, 1.82) is 0 Å². The van der Waals surface area contributed by atoms with Crippen LogP contribution in [0.15, 0.2) is 0 Å². The molecule has 0 radical (unpaired) electrons. The predicted molar refractivity (Wildman–Crippen MR) is 28.0 cm³/mol. The molecule has 1 rings (SSSR count). The minimum absolute atomic E-state index is 0.347. The summed E-state index contributed by atoms with van der Waals surface area (Å²) in [4.78, 5) is 0. The molecular formula is C5H11NO. The van der Waals surface area contributed by atoms with Gasteiger partial charge in [-0.2, -0.15) is 0 Å². The maximum absolute atomic E-state index is 5.43. The quantitative estimate of drug-likeness (QED) is 0.536. The van der Waals surface area contributed by atoms with Gasteiger partial charge in [0.15, 0.2) is 0 Å². The van der Waals surface area contributed by atoms with Crippen LogP contribution in [0.25, 0.3) is 0 Å². The van der Waals surface area contributed by atoms with E-state index in [1.807, 2.05) is 6.92 Å². The summed E-state index contributed by atoms with van der Waals surface area (Å²) in [7, 11) is 0. The minimum atomic E-state index is 0.347. The van der Waals surface area contributed by atoms with E-state index in [0.717, 1.165) is 13.0 Å². The van der Waals surface area contributed by atoms with Gasteiger partial charge in [-0.25, -0.2) is 0 Å². The minimum Gasteiger partial charge on any atom is -0.377 e. The number of rotatable bonds is 2. The van der Waals surface area contributed by atoms with Gasteiger partial charge in [-0.15, -0.1) is 0 Å². The van der Waals surface area contributed by atoms with Crippen molar-refractivity contribution in [2.75, 3.05) is 6.61 Å². The Morgan fingerprint density at radius 1 is 1.86 bits per heavy atom. The monoisotopic (exact) mass is 101 g/mol. The molecule has 2 nitrogen and oxygen atoms in total. The molecule has 0 saturated heterocycles. The zero-order chi connectivity index (χ0) is 5.28. The first kappa shape index (κ1) is 5.06. The molecule has 0 aromatic heterocycles. The van der Waals surface area contributed by atoms with Crippen molar-refractivity contribution in [3.8, 4) is 0 Å². The van der Waals surface area contributed by atoms with Gasteiger partial charge in [0.1, 0.15) is 0 Å². The van der Waals surface area contributed by atoms with Crippen LogP contribution in [-0.4, -0.2) is 18.8 Å². The van der Waals surface area contributed by atoms with E-state index in [4.69, 9.17) is 10.5 Å². The fourth-order valence-electron chi connectivity index (χ4n) is 0.595. The predicted octanol–water partition coefficient (Wildman–Crippen LogP) is 0.123. The Morgan fingerprint density at radius 3 is 2.57 bits per heavy atom. The van der Waals surface area contributed by atoms with Gasteiger partial charge < -0.3 is 10.5 Å². The van der Waals surface area contributed by atoms with Crippen LogP contribution < -0.4 is 5.73 Å². The first-order valence-electron chi connectivity index (χ1n) is 2.71. The molecule has 0 heterocycles. The van der Waals surface area contributed by atoms with E-state index in [2.05, 4.69) is 0 Å². The van der Waals surface area contributed by atoms with E-state index >= 15 is 0 Å². The molecule has 0 aromatic carbocycles. The lowest BCUT2D eigenvalue weighted by atomic mass is 10.7. The normalized spacial score (nSPS) is 38.6. The smallest absolute Gasteiger partial charge is 0.0742 e. The Bertz CT molecular complexity index is 65.1. The van der Waals surface area contributed by atoms with Crippen LogP contribution in [-0.2, 0) is 4.74 Å². The summed E-state index contributed by atoms with van der Waals surface area (Å²) in [5.41, 5.74) is 5.43. The van der Waals surface area contributed by atoms with E-state index < -0.39 is 0 Å². The summed E-state index contributed by atoms with van der Waals surface area (Å²) in [5, 5.41) is 0. The summed E-state index contributed by atoms with van der Waals surface area (Å²) in [6.45, 7) is 2.80. The Balaban J connectivity index is 1.98. The highest BCUT2D eigenvalue weighted by molar-refractivity contribution is 4.91. The summed E-state index contributed by atoms with van der Waals surface area (Å²) in [6.07, 6.45) is 1.46. The van der Waals surface area contributed by atoms with E-state index in [-0.39, 0.29) is 0 Å². The third kappa shape index (κ3) is 1.14. The van der Waals surface area contributed by atoms with Gasteiger partial charge in [0.25, 0.3) is 0 Å². The summed E-state index contributed by atoms with van der Waals surface area (Å²) in [6, 6.07) is 0.347. The van der Waals surface area contributed by atoms with Crippen molar-refractivity contribution >= 4 is 0 Å². The Kier molecular flexibility index (Phi) is 1.30. The van der Waals surface area contributed by atoms with Crippen LogP contribution in [0.2, 0.25) is 0 Å². The lowest BCUT2D eigenvalue weighted by molar-refractivity contribution is 0.129. The van der Waals surface area contributed by atoms with Crippen LogP contribution >= 0.6 is 0 Å². The van der Waals surface area contributed by atoms with Gasteiger partial charge in [0, 0.05) is 12.6 Å². The number of hydrogen-bond donors (Lipinski definition) is 1. The molecule has 1 saturated carbocycles. The van der Waals surface area contributed by atoms with Crippen LogP contribution in [0.5, 0.6) is 0 Å². The molecule has 0 amide bonds. The van der Waals surface area contributed by atoms with Gasteiger partial charge in [0.2, 0.25) is 0 Å². The van der Waals surface area contributed by atoms with E-state index in [0.29, 0.717) is 12.1 Å². The van der Waals surface area contributed by atoms with Crippen LogP contribution in [0.3, 0.4) is 0 Å². The Morgan fingerprint density at radius 2 is 2.43 bits per heavy atom. The van der Waals surface area contributed by atoms with Gasteiger partial charge >= 0.3 is 0 Å². The average molecular weight is 101 g/mol. The largest absolute Gasteiger partial charge is 0.377 e. The first-order valence-corrected chi connectivity index (χ1v) is 2.71. The van der Waals surface area contributed by atoms with Crippen LogP contribution in [0, 0.1) is 0 Å². The number of ether oxygens (including phenoxy) is 1. The van der Waals surface area contributed by atoms with Crippen LogP contribution in [0.4, 0.5) is 0 Å². The van der Waals surface area contributed by atoms with Crippen molar-refractivity contribution in [3.63, 3.8) is 0 Å². The van der Waals surface area contributed by atoms with E-state index in [1.165, 1.54) is 0 Å². The maximum atomic E-state index is 5.43. The molecule has 42 valence electrons. The fourth-order valence-corrected chi connectivity index (χ4v) is 0.595. The number of hydrogen-bond acceptors (Lipinski definition) is 2. The van der Waals surface area contributed by atoms with Gasteiger partial charge in [-0.05, 0) is 13.3 Å². The van der Waals surface area contributed by atoms with E-state index in [1.54, 1.807) is 0 Å². The molecule has 0 aliphatic heterocycles. The summed E-state index contributed by atoms with van der Waals surface area (Å²) in [5.74, 6) is 0. The lowest BCUT2D eigenvalue weighted by Crippen LogP contribution is -2.07. The molecule has 1 aliphatic rings. The third-order valence-corrected chi connectivity index (χ3v) is 1.16. The summed E-state index contributed by atoms with van der Waals surface area (Å²) >= 11 is 0. The van der Waals surface area contributed by atoms with E-state index in [9.17, 15) is 0 Å². The van der Waals surface area contributed by atoms with Crippen molar-refractivity contribution in [3.05, 3.63) is 0 Å². The zero-order valence-electron chi connectivity index (χ0n) is 4.55. The van der Waals surface area contributed by atoms with Gasteiger partial charge in [-0.1, -0.05) is 0 Å². The van der Waals surface area contributed by atoms with Crippen molar-refractivity contribution in [2.45, 2.75) is 25.5 Å². The highest BCUT2D eigenvalue weighted by Crippen LogP contribution is 2.21. The van der Waals surface area contributed by atoms with Crippen LogP contribution in [0.1, 0.15) is 13.3 Å². The lowest BCUT2D eigenvalue weighted by Gasteiger charge is -1.92. The molecule has 1 fully saturated rings. The second-order valence-corrected chi connectivity index (χ2v) is 1.89. The second-order valence-electron chi connectivity index (χ2n) is 1.89. The second kappa shape index (κ2) is 1.80. The molecule has 2 N–H and O–H groups in total. The molecule has 2 heteroatoms. The topological polar surface area (TPSA) is 35.2 Å². The van der Waals surface area contributed by atoms with Gasteiger partial charge in [-0.3, -0.25) is 0 Å². The highest BCUT2D eigenvalue weighted by Gasteiger charge is 2.33. The summed E-state index contributed by atoms with van der Waals surface area (Å²) < 4.78 is 5.14. The molecule has 0 aromatic rings. The highest BCUT2D eigenvalue weighted by atomic mass is 16.5. The first-order chi connectivity index (χ1) is 3.34. The zero-order valence-corrected chi connectivity index (χ0v) is 4.55. The Labute approximate surface area is 43.6 Å². The van der Waals surface area contributed by atoms with Crippen molar-refractivity contribution in [2.24, 2.45) is 5.73 Å². The standard InChI is InChI=1S/C5H11NO/c1-2-7-5-3-4(5)6/h4-5H,2-3,6H2,1H3/t4-,5+/m1/s1. The molecule has 2 atom stereocenters. The SMILES string of the molecule is CCO[C@H]1C[C@H]1N. The van der Waals surface area contributed by atoms with Crippen molar-refractivity contribution < 1.29 is 4.74 Å². The molecule has 7 heavy (non-hydrogen) atoms. The molecule has 0 spiro atoms. The molecule has 0 unspecified atom stereocenters.